The van der Waals surface area contributed by atoms with Crippen molar-refractivity contribution in [1.82, 2.24) is 0 Å². The summed E-state index contributed by atoms with van der Waals surface area (Å²) in [5.74, 6) is 8.24. The first-order valence-electron chi connectivity index (χ1n) is 14.1. The van der Waals surface area contributed by atoms with E-state index in [-0.39, 0.29) is 0 Å². The van der Waals surface area contributed by atoms with Crippen molar-refractivity contribution >= 4 is 35.3 Å². The molecule has 0 unspecified atom stereocenters. The average molecular weight is 491 g/mol. The molecule has 0 aliphatic heterocycles. The molecule has 0 spiro atoms. The maximum Gasteiger partial charge on any atom is 0.00238 e. The van der Waals surface area contributed by atoms with Gasteiger partial charge in [0, 0.05) is 23.0 Å². The minimum absolute atomic E-state index is 1.36. The van der Waals surface area contributed by atoms with Crippen LogP contribution in [0.25, 0.3) is 0 Å². The fourth-order valence-electron chi connectivity index (χ4n) is 3.93. The standard InChI is InChI=1S/C28H58S3/c1-3-5-7-9-11-13-15-17-19-21-23-29-25-27-31-28-26-30-24-22-20-18-16-14-12-10-8-6-4-2/h3-28H2,1-2H3. The van der Waals surface area contributed by atoms with Crippen LogP contribution in [0.5, 0.6) is 0 Å². The second kappa shape index (κ2) is 31.0. The molecule has 0 atom stereocenters. The first kappa shape index (κ1) is 32.0. The highest BCUT2D eigenvalue weighted by atomic mass is 32.2. The van der Waals surface area contributed by atoms with Crippen LogP contribution in [0.15, 0.2) is 0 Å². The zero-order chi connectivity index (χ0) is 22.5. The maximum absolute atomic E-state index is 2.30. The van der Waals surface area contributed by atoms with Crippen LogP contribution in [-0.4, -0.2) is 34.5 Å². The third-order valence-corrected chi connectivity index (χ3v) is 9.67. The van der Waals surface area contributed by atoms with Crippen LogP contribution in [0.2, 0.25) is 0 Å². The summed E-state index contributed by atoms with van der Waals surface area (Å²) in [4.78, 5) is 0. The molecule has 0 aromatic heterocycles. The quantitative estimate of drug-likeness (QED) is 0.100. The van der Waals surface area contributed by atoms with Crippen molar-refractivity contribution in [1.29, 1.82) is 0 Å². The molecule has 0 radical (unpaired) electrons. The fourth-order valence-corrected chi connectivity index (χ4v) is 7.24. The normalized spacial score (nSPS) is 11.4. The van der Waals surface area contributed by atoms with E-state index >= 15 is 0 Å². The SMILES string of the molecule is CCCCCCCCCCCCSCCSCCSCCCCCCCCCCCC. The lowest BCUT2D eigenvalue weighted by Crippen LogP contribution is -1.92. The Bertz CT molecular complexity index is 268. The largest absolute Gasteiger partial charge is 0.161 e. The first-order valence-corrected chi connectivity index (χ1v) is 17.6. The van der Waals surface area contributed by atoms with Gasteiger partial charge in [-0.2, -0.15) is 35.3 Å². The minimum atomic E-state index is 1.36. The highest BCUT2D eigenvalue weighted by Crippen LogP contribution is 2.16. The van der Waals surface area contributed by atoms with Gasteiger partial charge in [0.05, 0.1) is 0 Å². The van der Waals surface area contributed by atoms with Crippen LogP contribution in [0, 0.1) is 0 Å². The Morgan fingerprint density at radius 2 is 0.484 bits per heavy atom. The van der Waals surface area contributed by atoms with Crippen molar-refractivity contribution in [3.63, 3.8) is 0 Å². The van der Waals surface area contributed by atoms with Crippen molar-refractivity contribution in [2.24, 2.45) is 0 Å². The summed E-state index contributed by atoms with van der Waals surface area (Å²) < 4.78 is 0. The Balaban J connectivity index is 2.98. The molecule has 0 bridgehead atoms. The summed E-state index contributed by atoms with van der Waals surface area (Å²) in [6.07, 6.45) is 29.1. The molecule has 0 aromatic rings. The van der Waals surface area contributed by atoms with Gasteiger partial charge >= 0.3 is 0 Å². The van der Waals surface area contributed by atoms with Crippen molar-refractivity contribution in [2.45, 2.75) is 142 Å². The van der Waals surface area contributed by atoms with Crippen molar-refractivity contribution in [3.05, 3.63) is 0 Å². The van der Waals surface area contributed by atoms with Crippen LogP contribution in [0.1, 0.15) is 142 Å². The lowest BCUT2D eigenvalue weighted by atomic mass is 10.1. The average Bonchev–Trinajstić information content (AvgIpc) is 2.78. The van der Waals surface area contributed by atoms with Gasteiger partial charge in [0.25, 0.3) is 0 Å². The Morgan fingerprint density at radius 3 is 0.774 bits per heavy atom. The maximum atomic E-state index is 2.30. The number of hydrogen-bond donors (Lipinski definition) is 0. The Morgan fingerprint density at radius 1 is 0.258 bits per heavy atom. The van der Waals surface area contributed by atoms with Crippen LogP contribution in [0.3, 0.4) is 0 Å². The van der Waals surface area contributed by atoms with E-state index in [4.69, 9.17) is 0 Å². The molecule has 0 rings (SSSR count). The first-order chi connectivity index (χ1) is 15.4. The lowest BCUT2D eigenvalue weighted by Gasteiger charge is -2.04. The van der Waals surface area contributed by atoms with Gasteiger partial charge in [-0.3, -0.25) is 0 Å². The van der Waals surface area contributed by atoms with E-state index in [1.54, 1.807) is 0 Å². The molecule has 0 fully saturated rings. The van der Waals surface area contributed by atoms with Crippen molar-refractivity contribution < 1.29 is 0 Å². The predicted molar refractivity (Wildman–Crippen MR) is 156 cm³/mol. The Kier molecular flexibility index (Phi) is 32.1. The molecule has 188 valence electrons. The third-order valence-electron chi connectivity index (χ3n) is 6.03. The summed E-state index contributed by atoms with van der Waals surface area (Å²) in [6.45, 7) is 4.60. The molecule has 0 N–H and O–H groups in total. The molecule has 31 heavy (non-hydrogen) atoms. The topological polar surface area (TPSA) is 0 Å². The van der Waals surface area contributed by atoms with E-state index < -0.39 is 0 Å². The van der Waals surface area contributed by atoms with E-state index in [0.717, 1.165) is 0 Å². The summed E-state index contributed by atoms with van der Waals surface area (Å²) in [5, 5.41) is 0. The highest BCUT2D eigenvalue weighted by Gasteiger charge is 1.96. The number of thioether (sulfide) groups is 3. The number of unbranched alkanes of at least 4 members (excludes halogenated alkanes) is 18. The number of hydrogen-bond acceptors (Lipinski definition) is 3. The Hall–Kier alpha value is 1.05. The Labute approximate surface area is 211 Å². The predicted octanol–water partition coefficient (Wildman–Crippen LogP) is 11.0. The van der Waals surface area contributed by atoms with Gasteiger partial charge in [0.1, 0.15) is 0 Å². The molecule has 0 nitrogen and oxygen atoms in total. The molecule has 0 aromatic carbocycles. The van der Waals surface area contributed by atoms with E-state index in [9.17, 15) is 0 Å². The molecule has 0 saturated heterocycles. The van der Waals surface area contributed by atoms with E-state index in [2.05, 4.69) is 49.1 Å². The second-order valence-electron chi connectivity index (χ2n) is 9.20. The van der Waals surface area contributed by atoms with Crippen molar-refractivity contribution in [2.75, 3.05) is 34.5 Å². The molecule has 0 heterocycles. The molecule has 3 heteroatoms. The van der Waals surface area contributed by atoms with Crippen LogP contribution < -0.4 is 0 Å². The fraction of sp³-hybridized carbons (Fsp3) is 1.00. The molecule has 0 saturated carbocycles. The molecule has 0 amide bonds. The summed E-state index contributed by atoms with van der Waals surface area (Å²) in [7, 11) is 0. The lowest BCUT2D eigenvalue weighted by molar-refractivity contribution is 0.563. The zero-order valence-electron chi connectivity index (χ0n) is 21.6. The summed E-state index contributed by atoms with van der Waals surface area (Å²) >= 11 is 6.56. The molecular weight excluding hydrogens is 433 g/mol. The van der Waals surface area contributed by atoms with Crippen LogP contribution in [0.4, 0.5) is 0 Å². The summed E-state index contributed by atoms with van der Waals surface area (Å²) in [5.41, 5.74) is 0. The van der Waals surface area contributed by atoms with Crippen molar-refractivity contribution in [3.8, 4) is 0 Å². The smallest absolute Gasteiger partial charge is 0.00238 e. The van der Waals surface area contributed by atoms with Crippen LogP contribution in [-0.2, 0) is 0 Å². The van der Waals surface area contributed by atoms with Gasteiger partial charge in [0.15, 0.2) is 0 Å². The zero-order valence-corrected chi connectivity index (χ0v) is 24.1. The molecule has 0 aliphatic carbocycles. The van der Waals surface area contributed by atoms with Gasteiger partial charge in [-0.1, -0.05) is 129 Å². The van der Waals surface area contributed by atoms with Gasteiger partial charge in [-0.15, -0.1) is 0 Å². The second-order valence-corrected chi connectivity index (χ2v) is 12.9. The van der Waals surface area contributed by atoms with Gasteiger partial charge < -0.3 is 0 Å². The van der Waals surface area contributed by atoms with Gasteiger partial charge in [-0.25, -0.2) is 0 Å². The van der Waals surface area contributed by atoms with E-state index in [1.165, 1.54) is 163 Å². The number of rotatable bonds is 28. The van der Waals surface area contributed by atoms with Gasteiger partial charge in [0.2, 0.25) is 0 Å². The van der Waals surface area contributed by atoms with Gasteiger partial charge in [-0.05, 0) is 24.3 Å². The summed E-state index contributed by atoms with van der Waals surface area (Å²) in [6, 6.07) is 0. The molecular formula is C28H58S3. The van der Waals surface area contributed by atoms with Crippen LogP contribution >= 0.6 is 35.3 Å². The van der Waals surface area contributed by atoms with E-state index in [1.807, 2.05) is 0 Å². The third kappa shape index (κ3) is 31.0. The monoisotopic (exact) mass is 490 g/mol. The van der Waals surface area contributed by atoms with E-state index in [0.29, 0.717) is 0 Å². The highest BCUT2D eigenvalue weighted by molar-refractivity contribution is 8.04. The minimum Gasteiger partial charge on any atom is -0.161 e. The molecule has 0 aliphatic rings.